The molecule has 0 unspecified atom stereocenters. The standard InChI is InChI=1S/C14H22FN3O2S/c1-10-7-11(8-12(16)13(10)15)21(19,20)18-6-5-17(4)14(2,3)9-18/h7-8H,5-6,9,16H2,1-4H3. The van der Waals surface area contributed by atoms with Crippen LogP contribution < -0.4 is 5.73 Å². The molecule has 1 saturated heterocycles. The van der Waals surface area contributed by atoms with Crippen LogP contribution in [0.2, 0.25) is 0 Å². The Morgan fingerprint density at radius 2 is 1.90 bits per heavy atom. The molecule has 1 aromatic rings. The molecule has 0 saturated carbocycles. The molecule has 1 heterocycles. The second-order valence-corrected chi connectivity index (χ2v) is 8.15. The molecular formula is C14H22FN3O2S. The van der Waals surface area contributed by atoms with E-state index in [1.807, 2.05) is 20.9 Å². The van der Waals surface area contributed by atoms with Crippen molar-refractivity contribution >= 4 is 15.7 Å². The van der Waals surface area contributed by atoms with Crippen LogP contribution in [0.4, 0.5) is 10.1 Å². The summed E-state index contributed by atoms with van der Waals surface area (Å²) in [5.41, 5.74) is 5.41. The van der Waals surface area contributed by atoms with Gasteiger partial charge in [-0.2, -0.15) is 4.31 Å². The number of hydrogen-bond acceptors (Lipinski definition) is 4. The maximum absolute atomic E-state index is 13.6. The van der Waals surface area contributed by atoms with Crippen molar-refractivity contribution in [3.8, 4) is 0 Å². The average Bonchev–Trinajstić information content (AvgIpc) is 2.38. The van der Waals surface area contributed by atoms with Gasteiger partial charge in [0.1, 0.15) is 5.82 Å². The Morgan fingerprint density at radius 3 is 2.43 bits per heavy atom. The summed E-state index contributed by atoms with van der Waals surface area (Å²) in [4.78, 5) is 2.18. The van der Waals surface area contributed by atoms with Gasteiger partial charge >= 0.3 is 0 Å². The Balaban J connectivity index is 2.39. The summed E-state index contributed by atoms with van der Waals surface area (Å²) in [5, 5.41) is 0. The number of nitrogens with zero attached hydrogens (tertiary/aromatic N) is 2. The quantitative estimate of drug-likeness (QED) is 0.839. The van der Waals surface area contributed by atoms with Crippen LogP contribution in [0.1, 0.15) is 19.4 Å². The summed E-state index contributed by atoms with van der Waals surface area (Å²) < 4.78 is 40.5. The third-order valence-corrected chi connectivity index (χ3v) is 6.00. The van der Waals surface area contributed by atoms with Crippen molar-refractivity contribution in [1.29, 1.82) is 0 Å². The van der Waals surface area contributed by atoms with Crippen LogP contribution in [0.25, 0.3) is 0 Å². The number of halogens is 1. The smallest absolute Gasteiger partial charge is 0.243 e. The number of likely N-dealkylation sites (N-methyl/N-ethyl adjacent to an activating group) is 1. The Morgan fingerprint density at radius 1 is 1.29 bits per heavy atom. The number of aryl methyl sites for hydroxylation is 1. The van der Waals surface area contributed by atoms with Gasteiger partial charge in [0, 0.05) is 25.2 Å². The van der Waals surface area contributed by atoms with Crippen molar-refractivity contribution in [1.82, 2.24) is 9.21 Å². The lowest BCUT2D eigenvalue weighted by Crippen LogP contribution is -2.58. The maximum atomic E-state index is 13.6. The highest BCUT2D eigenvalue weighted by Gasteiger charge is 2.37. The van der Waals surface area contributed by atoms with Crippen LogP contribution in [0.3, 0.4) is 0 Å². The predicted molar refractivity (Wildman–Crippen MR) is 81.0 cm³/mol. The van der Waals surface area contributed by atoms with Crippen LogP contribution in [-0.4, -0.2) is 49.8 Å². The van der Waals surface area contributed by atoms with E-state index in [1.165, 1.54) is 23.4 Å². The maximum Gasteiger partial charge on any atom is 0.243 e. The zero-order valence-corrected chi connectivity index (χ0v) is 13.7. The van der Waals surface area contributed by atoms with Gasteiger partial charge in [-0.1, -0.05) is 0 Å². The first kappa shape index (κ1) is 16.2. The largest absolute Gasteiger partial charge is 0.396 e. The summed E-state index contributed by atoms with van der Waals surface area (Å²) in [7, 11) is -1.68. The molecule has 0 amide bonds. The minimum Gasteiger partial charge on any atom is -0.396 e. The number of nitrogens with two attached hydrogens (primary N) is 1. The zero-order valence-electron chi connectivity index (χ0n) is 12.9. The van der Waals surface area contributed by atoms with E-state index < -0.39 is 15.8 Å². The molecule has 0 aliphatic carbocycles. The van der Waals surface area contributed by atoms with Gasteiger partial charge in [0.05, 0.1) is 10.6 Å². The van der Waals surface area contributed by atoms with Crippen molar-refractivity contribution in [3.05, 3.63) is 23.5 Å². The molecule has 0 spiro atoms. The van der Waals surface area contributed by atoms with Crippen LogP contribution in [0.15, 0.2) is 17.0 Å². The normalized spacial score (nSPS) is 20.6. The van der Waals surface area contributed by atoms with E-state index in [1.54, 1.807) is 0 Å². The van der Waals surface area contributed by atoms with E-state index in [0.29, 0.717) is 19.6 Å². The molecule has 0 atom stereocenters. The van der Waals surface area contributed by atoms with Crippen LogP contribution in [0.5, 0.6) is 0 Å². The molecule has 1 fully saturated rings. The first-order chi connectivity index (χ1) is 9.55. The van der Waals surface area contributed by atoms with Crippen molar-refractivity contribution in [2.45, 2.75) is 31.2 Å². The summed E-state index contributed by atoms with van der Waals surface area (Å²) in [5.74, 6) is -0.562. The molecule has 0 bridgehead atoms. The lowest BCUT2D eigenvalue weighted by atomic mass is 10.0. The SMILES string of the molecule is Cc1cc(S(=O)(=O)N2CCN(C)C(C)(C)C2)cc(N)c1F. The Hall–Kier alpha value is -1.18. The van der Waals surface area contributed by atoms with Gasteiger partial charge in [-0.25, -0.2) is 12.8 Å². The van der Waals surface area contributed by atoms with Crippen LogP contribution >= 0.6 is 0 Å². The molecule has 7 heteroatoms. The molecule has 0 aromatic heterocycles. The molecule has 21 heavy (non-hydrogen) atoms. The minimum atomic E-state index is -3.66. The second kappa shape index (κ2) is 5.23. The van der Waals surface area contributed by atoms with E-state index in [9.17, 15) is 12.8 Å². The molecule has 118 valence electrons. The van der Waals surface area contributed by atoms with Gasteiger partial charge in [-0.15, -0.1) is 0 Å². The van der Waals surface area contributed by atoms with E-state index in [0.717, 1.165) is 0 Å². The molecule has 2 rings (SSSR count). The highest BCUT2D eigenvalue weighted by atomic mass is 32.2. The van der Waals surface area contributed by atoms with E-state index >= 15 is 0 Å². The molecule has 1 aliphatic rings. The fourth-order valence-corrected chi connectivity index (χ4v) is 4.17. The molecule has 1 aromatic carbocycles. The monoisotopic (exact) mass is 315 g/mol. The lowest BCUT2D eigenvalue weighted by molar-refractivity contribution is 0.0801. The zero-order chi connectivity index (χ0) is 16.0. The molecule has 2 N–H and O–H groups in total. The van der Waals surface area contributed by atoms with Gasteiger partial charge in [0.25, 0.3) is 0 Å². The number of sulfonamides is 1. The Labute approximate surface area is 125 Å². The second-order valence-electron chi connectivity index (χ2n) is 6.22. The van der Waals surface area contributed by atoms with E-state index in [-0.39, 0.29) is 21.7 Å². The van der Waals surface area contributed by atoms with Gasteiger partial charge in [-0.3, -0.25) is 4.90 Å². The van der Waals surface area contributed by atoms with Crippen LogP contribution in [0, 0.1) is 12.7 Å². The molecule has 0 radical (unpaired) electrons. The number of nitrogen functional groups attached to an aromatic ring is 1. The van der Waals surface area contributed by atoms with Crippen molar-refractivity contribution in [2.75, 3.05) is 32.4 Å². The minimum absolute atomic E-state index is 0.0549. The summed E-state index contributed by atoms with van der Waals surface area (Å²) in [6.45, 7) is 6.97. The van der Waals surface area contributed by atoms with Crippen molar-refractivity contribution in [3.63, 3.8) is 0 Å². The summed E-state index contributed by atoms with van der Waals surface area (Å²) >= 11 is 0. The number of benzene rings is 1. The van der Waals surface area contributed by atoms with Crippen molar-refractivity contribution in [2.24, 2.45) is 0 Å². The predicted octanol–water partition coefficient (Wildman–Crippen LogP) is 1.43. The van der Waals surface area contributed by atoms with E-state index in [2.05, 4.69) is 4.90 Å². The average molecular weight is 315 g/mol. The van der Waals surface area contributed by atoms with Gasteiger partial charge in [0.15, 0.2) is 0 Å². The van der Waals surface area contributed by atoms with Gasteiger partial charge in [-0.05, 0) is 45.5 Å². The van der Waals surface area contributed by atoms with Crippen LogP contribution in [-0.2, 0) is 10.0 Å². The highest BCUT2D eigenvalue weighted by Crippen LogP contribution is 2.27. The van der Waals surface area contributed by atoms with Gasteiger partial charge in [0.2, 0.25) is 10.0 Å². The first-order valence-corrected chi connectivity index (χ1v) is 8.27. The van der Waals surface area contributed by atoms with Gasteiger partial charge < -0.3 is 5.73 Å². The summed E-state index contributed by atoms with van der Waals surface area (Å²) in [6, 6.07) is 2.54. The number of rotatable bonds is 2. The van der Waals surface area contributed by atoms with Crippen molar-refractivity contribution < 1.29 is 12.8 Å². The Kier molecular flexibility index (Phi) is 4.03. The number of anilines is 1. The third kappa shape index (κ3) is 2.90. The van der Waals surface area contributed by atoms with E-state index in [4.69, 9.17) is 5.73 Å². The third-order valence-electron chi connectivity index (χ3n) is 4.18. The Bertz CT molecular complexity index is 635. The lowest BCUT2D eigenvalue weighted by Gasteiger charge is -2.44. The highest BCUT2D eigenvalue weighted by molar-refractivity contribution is 7.89. The molecular weight excluding hydrogens is 293 g/mol. The number of piperazine rings is 1. The number of hydrogen-bond donors (Lipinski definition) is 1. The fourth-order valence-electron chi connectivity index (χ4n) is 2.46. The molecule has 1 aliphatic heterocycles. The topological polar surface area (TPSA) is 66.6 Å². The first-order valence-electron chi connectivity index (χ1n) is 6.83. The summed E-state index contributed by atoms with van der Waals surface area (Å²) in [6.07, 6.45) is 0. The fraction of sp³-hybridized carbons (Fsp3) is 0.571. The molecule has 5 nitrogen and oxygen atoms in total.